The van der Waals surface area contributed by atoms with Crippen LogP contribution in [0, 0.1) is 5.92 Å². The summed E-state index contributed by atoms with van der Waals surface area (Å²) >= 11 is 0. The van der Waals surface area contributed by atoms with Crippen LogP contribution < -0.4 is 0 Å². The SMILES string of the molecule is C=COCCC1CCS(=O)CC1. The molecule has 0 aromatic carbocycles. The van der Waals surface area contributed by atoms with Crippen molar-refractivity contribution in [2.75, 3.05) is 18.1 Å². The first-order valence-electron chi connectivity index (χ1n) is 4.40. The van der Waals surface area contributed by atoms with Crippen LogP contribution in [-0.4, -0.2) is 22.3 Å². The summed E-state index contributed by atoms with van der Waals surface area (Å²) in [6.07, 6.45) is 4.78. The first-order valence-corrected chi connectivity index (χ1v) is 5.89. The minimum Gasteiger partial charge on any atom is -0.502 e. The molecule has 70 valence electrons. The van der Waals surface area contributed by atoms with Crippen molar-refractivity contribution in [1.29, 1.82) is 0 Å². The van der Waals surface area contributed by atoms with Gasteiger partial charge in [0.1, 0.15) is 0 Å². The summed E-state index contributed by atoms with van der Waals surface area (Å²) < 4.78 is 16.1. The summed E-state index contributed by atoms with van der Waals surface area (Å²) in [6, 6.07) is 0. The standard InChI is InChI=1S/C9H16O2S/c1-2-11-6-3-9-4-7-12(10)8-5-9/h2,9H,1,3-8H2. The largest absolute Gasteiger partial charge is 0.502 e. The van der Waals surface area contributed by atoms with Gasteiger partial charge in [0.05, 0.1) is 12.9 Å². The van der Waals surface area contributed by atoms with E-state index in [4.69, 9.17) is 4.74 Å². The Kier molecular flexibility index (Phi) is 4.36. The van der Waals surface area contributed by atoms with Crippen LogP contribution in [0.5, 0.6) is 0 Å². The maximum Gasteiger partial charge on any atom is 0.0875 e. The van der Waals surface area contributed by atoms with Crippen molar-refractivity contribution in [1.82, 2.24) is 0 Å². The molecule has 0 amide bonds. The first-order chi connectivity index (χ1) is 5.83. The van der Waals surface area contributed by atoms with Crippen LogP contribution in [0.3, 0.4) is 0 Å². The molecular formula is C9H16O2S. The summed E-state index contributed by atoms with van der Waals surface area (Å²) in [5, 5.41) is 0. The third-order valence-corrected chi connectivity index (χ3v) is 3.65. The predicted octanol–water partition coefficient (Wildman–Crippen LogP) is 1.70. The highest BCUT2D eigenvalue weighted by molar-refractivity contribution is 7.85. The summed E-state index contributed by atoms with van der Waals surface area (Å²) in [4.78, 5) is 0. The number of hydrogen-bond donors (Lipinski definition) is 0. The van der Waals surface area contributed by atoms with Gasteiger partial charge in [0, 0.05) is 22.3 Å². The van der Waals surface area contributed by atoms with Gasteiger partial charge in [-0.05, 0) is 25.2 Å². The van der Waals surface area contributed by atoms with E-state index < -0.39 is 10.8 Å². The molecule has 0 N–H and O–H groups in total. The van der Waals surface area contributed by atoms with Gasteiger partial charge >= 0.3 is 0 Å². The second kappa shape index (κ2) is 5.36. The van der Waals surface area contributed by atoms with E-state index in [1.165, 1.54) is 6.26 Å². The lowest BCUT2D eigenvalue weighted by molar-refractivity contribution is 0.218. The summed E-state index contributed by atoms with van der Waals surface area (Å²) in [6.45, 7) is 4.25. The van der Waals surface area contributed by atoms with Gasteiger partial charge in [-0.3, -0.25) is 4.21 Å². The molecule has 0 spiro atoms. The van der Waals surface area contributed by atoms with Gasteiger partial charge < -0.3 is 4.74 Å². The first kappa shape index (κ1) is 9.78. The summed E-state index contributed by atoms with van der Waals surface area (Å²) in [5.41, 5.74) is 0. The van der Waals surface area contributed by atoms with Gasteiger partial charge in [-0.25, -0.2) is 0 Å². The smallest absolute Gasteiger partial charge is 0.0875 e. The van der Waals surface area contributed by atoms with E-state index in [1.54, 1.807) is 0 Å². The second-order valence-electron chi connectivity index (χ2n) is 3.12. The number of rotatable bonds is 4. The molecule has 1 aliphatic heterocycles. The van der Waals surface area contributed by atoms with Crippen LogP contribution in [0.1, 0.15) is 19.3 Å². The Morgan fingerprint density at radius 1 is 1.50 bits per heavy atom. The lowest BCUT2D eigenvalue weighted by Crippen LogP contribution is -2.19. The van der Waals surface area contributed by atoms with Crippen molar-refractivity contribution >= 4 is 10.8 Å². The highest BCUT2D eigenvalue weighted by atomic mass is 32.2. The molecule has 0 bridgehead atoms. The lowest BCUT2D eigenvalue weighted by Gasteiger charge is -2.20. The lowest BCUT2D eigenvalue weighted by atomic mass is 10.00. The predicted molar refractivity (Wildman–Crippen MR) is 51.4 cm³/mol. The summed E-state index contributed by atoms with van der Waals surface area (Å²) in [7, 11) is -0.529. The van der Waals surface area contributed by atoms with Gasteiger partial charge in [-0.15, -0.1) is 0 Å². The molecule has 0 atom stereocenters. The van der Waals surface area contributed by atoms with Crippen LogP contribution in [0.4, 0.5) is 0 Å². The van der Waals surface area contributed by atoms with Crippen LogP contribution in [0.25, 0.3) is 0 Å². The van der Waals surface area contributed by atoms with Crippen molar-refractivity contribution in [2.45, 2.75) is 19.3 Å². The van der Waals surface area contributed by atoms with Crippen molar-refractivity contribution in [3.8, 4) is 0 Å². The molecular weight excluding hydrogens is 172 g/mol. The van der Waals surface area contributed by atoms with Gasteiger partial charge in [-0.2, -0.15) is 0 Å². The fourth-order valence-electron chi connectivity index (χ4n) is 1.45. The molecule has 0 radical (unpaired) electrons. The molecule has 1 rings (SSSR count). The molecule has 1 fully saturated rings. The quantitative estimate of drug-likeness (QED) is 0.496. The van der Waals surface area contributed by atoms with E-state index in [-0.39, 0.29) is 0 Å². The topological polar surface area (TPSA) is 26.3 Å². The normalized spacial score (nSPS) is 29.7. The molecule has 12 heavy (non-hydrogen) atoms. The third-order valence-electron chi connectivity index (χ3n) is 2.27. The molecule has 0 unspecified atom stereocenters. The van der Waals surface area contributed by atoms with Gasteiger partial charge in [0.15, 0.2) is 0 Å². The van der Waals surface area contributed by atoms with Gasteiger partial charge in [0.25, 0.3) is 0 Å². The molecule has 3 heteroatoms. The maximum absolute atomic E-state index is 11.0. The highest BCUT2D eigenvalue weighted by Gasteiger charge is 2.17. The fraction of sp³-hybridized carbons (Fsp3) is 0.778. The average Bonchev–Trinajstić information content (AvgIpc) is 2.09. The van der Waals surface area contributed by atoms with Crippen LogP contribution in [0.15, 0.2) is 12.8 Å². The Hall–Kier alpha value is -0.310. The molecule has 1 aliphatic rings. The molecule has 0 aromatic heterocycles. The van der Waals surface area contributed by atoms with Crippen LogP contribution in [-0.2, 0) is 15.5 Å². The van der Waals surface area contributed by atoms with Crippen molar-refractivity contribution in [3.63, 3.8) is 0 Å². The number of ether oxygens (including phenoxy) is 1. The molecule has 1 saturated heterocycles. The Morgan fingerprint density at radius 2 is 2.17 bits per heavy atom. The third kappa shape index (κ3) is 3.39. The monoisotopic (exact) mass is 188 g/mol. The van der Waals surface area contributed by atoms with E-state index in [2.05, 4.69) is 6.58 Å². The molecule has 0 aliphatic carbocycles. The van der Waals surface area contributed by atoms with Crippen molar-refractivity contribution < 1.29 is 8.95 Å². The van der Waals surface area contributed by atoms with Crippen molar-refractivity contribution in [2.24, 2.45) is 5.92 Å². The molecule has 0 saturated carbocycles. The average molecular weight is 188 g/mol. The van der Waals surface area contributed by atoms with Gasteiger partial charge in [-0.1, -0.05) is 6.58 Å². The van der Waals surface area contributed by atoms with E-state index in [0.29, 0.717) is 0 Å². The Labute approximate surface area is 76.5 Å². The Morgan fingerprint density at radius 3 is 2.75 bits per heavy atom. The zero-order valence-electron chi connectivity index (χ0n) is 7.33. The van der Waals surface area contributed by atoms with E-state index in [0.717, 1.165) is 43.3 Å². The molecule has 1 heterocycles. The Bertz CT molecular complexity index is 158. The van der Waals surface area contributed by atoms with Crippen LogP contribution >= 0.6 is 0 Å². The van der Waals surface area contributed by atoms with Crippen LogP contribution in [0.2, 0.25) is 0 Å². The van der Waals surface area contributed by atoms with E-state index in [9.17, 15) is 4.21 Å². The molecule has 0 aromatic rings. The molecule has 2 nitrogen and oxygen atoms in total. The maximum atomic E-state index is 11.0. The zero-order chi connectivity index (χ0) is 8.81. The Balaban J connectivity index is 2.09. The minimum atomic E-state index is -0.529. The van der Waals surface area contributed by atoms with Crippen molar-refractivity contribution in [3.05, 3.63) is 12.8 Å². The van der Waals surface area contributed by atoms with Gasteiger partial charge in [0.2, 0.25) is 0 Å². The zero-order valence-corrected chi connectivity index (χ0v) is 8.15. The van der Waals surface area contributed by atoms with E-state index in [1.807, 2.05) is 0 Å². The summed E-state index contributed by atoms with van der Waals surface area (Å²) in [5.74, 6) is 2.50. The second-order valence-corrected chi connectivity index (χ2v) is 4.81. The van der Waals surface area contributed by atoms with E-state index >= 15 is 0 Å². The number of hydrogen-bond acceptors (Lipinski definition) is 2. The highest BCUT2D eigenvalue weighted by Crippen LogP contribution is 2.19. The fourth-order valence-corrected chi connectivity index (χ4v) is 2.85. The minimum absolute atomic E-state index is 0.529.